The van der Waals surface area contributed by atoms with Gasteiger partial charge in [0.05, 0.1) is 12.1 Å². The number of hydrogen-bond acceptors (Lipinski definition) is 6. The number of aromatic nitrogens is 4. The molecule has 5 rings (SSSR count). The van der Waals surface area contributed by atoms with Crippen molar-refractivity contribution in [2.75, 3.05) is 22.9 Å². The van der Waals surface area contributed by atoms with Gasteiger partial charge in [0.25, 0.3) is 0 Å². The molecule has 6 heteroatoms. The van der Waals surface area contributed by atoms with Gasteiger partial charge in [-0.2, -0.15) is 0 Å². The molecule has 2 aromatic heterocycles. The summed E-state index contributed by atoms with van der Waals surface area (Å²) in [4.78, 5) is 23.3. The second-order valence-electron chi connectivity index (χ2n) is 8.29. The summed E-state index contributed by atoms with van der Waals surface area (Å²) in [6.45, 7) is 12.4. The van der Waals surface area contributed by atoms with Crippen LogP contribution < -0.4 is 9.80 Å². The van der Waals surface area contributed by atoms with Crippen molar-refractivity contribution < 1.29 is 0 Å². The van der Waals surface area contributed by atoms with Gasteiger partial charge in [-0.05, 0) is 32.4 Å². The molecule has 3 aliphatic rings. The molecule has 0 aromatic carbocycles. The highest BCUT2D eigenvalue weighted by Crippen LogP contribution is 2.37. The zero-order chi connectivity index (χ0) is 17.8. The lowest BCUT2D eigenvalue weighted by atomic mass is 9.87. The molecule has 2 aromatic rings. The van der Waals surface area contributed by atoms with Gasteiger partial charge in [0, 0.05) is 36.1 Å². The van der Waals surface area contributed by atoms with Gasteiger partial charge in [-0.3, -0.25) is 0 Å². The SMILES string of the molecule is Cc1cc(C)nc(N2CC3CC(C2)N3c2ccnc(C(C)(C)C)n2)n1. The zero-order valence-corrected chi connectivity index (χ0v) is 15.7. The Morgan fingerprint density at radius 1 is 1.00 bits per heavy atom. The Labute approximate surface area is 149 Å². The van der Waals surface area contributed by atoms with Crippen molar-refractivity contribution >= 4 is 11.8 Å². The van der Waals surface area contributed by atoms with E-state index in [0.717, 1.165) is 42.1 Å². The van der Waals surface area contributed by atoms with E-state index >= 15 is 0 Å². The monoisotopic (exact) mass is 338 g/mol. The molecule has 5 heterocycles. The van der Waals surface area contributed by atoms with Gasteiger partial charge in [-0.1, -0.05) is 20.8 Å². The first-order chi connectivity index (χ1) is 11.8. The first-order valence-corrected chi connectivity index (χ1v) is 9.00. The van der Waals surface area contributed by atoms with Gasteiger partial charge in [0.2, 0.25) is 5.95 Å². The molecule has 2 unspecified atom stereocenters. The minimum absolute atomic E-state index is 0.0328. The molecule has 0 saturated carbocycles. The smallest absolute Gasteiger partial charge is 0.225 e. The van der Waals surface area contributed by atoms with Crippen LogP contribution >= 0.6 is 0 Å². The van der Waals surface area contributed by atoms with Crippen molar-refractivity contribution in [3.63, 3.8) is 0 Å². The third-order valence-electron chi connectivity index (χ3n) is 5.02. The van der Waals surface area contributed by atoms with E-state index in [-0.39, 0.29) is 5.41 Å². The summed E-state index contributed by atoms with van der Waals surface area (Å²) in [6.07, 6.45) is 3.11. The molecule has 0 amide bonds. The number of rotatable bonds is 2. The molecule has 3 aliphatic heterocycles. The average Bonchev–Trinajstić information content (AvgIpc) is 2.53. The van der Waals surface area contributed by atoms with Crippen LogP contribution in [0, 0.1) is 13.8 Å². The standard InChI is InChI=1S/C19H26N6/c1-12-8-13(2)22-18(21-12)24-10-14-9-15(11-24)25(14)16-6-7-20-17(23-16)19(3,4)5/h6-8,14-15H,9-11H2,1-5H3. The number of aryl methyl sites for hydroxylation is 2. The van der Waals surface area contributed by atoms with E-state index in [1.54, 1.807) is 0 Å². The van der Waals surface area contributed by atoms with Gasteiger partial charge < -0.3 is 9.80 Å². The highest BCUT2D eigenvalue weighted by molar-refractivity contribution is 5.50. The van der Waals surface area contributed by atoms with E-state index in [1.807, 2.05) is 32.2 Å². The van der Waals surface area contributed by atoms with Gasteiger partial charge in [0.15, 0.2) is 0 Å². The van der Waals surface area contributed by atoms with E-state index in [2.05, 4.69) is 45.5 Å². The third kappa shape index (κ3) is 2.94. The molecular weight excluding hydrogens is 312 g/mol. The summed E-state index contributed by atoms with van der Waals surface area (Å²) < 4.78 is 0. The van der Waals surface area contributed by atoms with Crippen molar-refractivity contribution in [2.24, 2.45) is 0 Å². The number of hydrogen-bond donors (Lipinski definition) is 0. The quantitative estimate of drug-likeness (QED) is 0.839. The largest absolute Gasteiger partial charge is 0.347 e. The molecule has 0 N–H and O–H groups in total. The molecule has 0 spiro atoms. The molecule has 25 heavy (non-hydrogen) atoms. The maximum absolute atomic E-state index is 4.84. The predicted molar refractivity (Wildman–Crippen MR) is 99.1 cm³/mol. The van der Waals surface area contributed by atoms with E-state index in [4.69, 9.17) is 4.98 Å². The third-order valence-corrected chi connectivity index (χ3v) is 5.02. The van der Waals surface area contributed by atoms with E-state index in [9.17, 15) is 0 Å². The Hall–Kier alpha value is -2.24. The molecule has 6 nitrogen and oxygen atoms in total. The number of piperazine rings is 1. The van der Waals surface area contributed by atoms with Crippen LogP contribution in [-0.4, -0.2) is 45.1 Å². The van der Waals surface area contributed by atoms with Crippen LogP contribution in [0.25, 0.3) is 0 Å². The van der Waals surface area contributed by atoms with Gasteiger partial charge in [0.1, 0.15) is 11.6 Å². The van der Waals surface area contributed by atoms with E-state index in [1.165, 1.54) is 6.42 Å². The minimum Gasteiger partial charge on any atom is -0.347 e. The Balaban J connectivity index is 1.54. The Kier molecular flexibility index (Phi) is 3.67. The summed E-state index contributed by atoms with van der Waals surface area (Å²) in [7, 11) is 0. The zero-order valence-electron chi connectivity index (χ0n) is 15.7. The maximum atomic E-state index is 4.84. The van der Waals surface area contributed by atoms with Gasteiger partial charge >= 0.3 is 0 Å². The molecule has 132 valence electrons. The maximum Gasteiger partial charge on any atom is 0.225 e. The molecule has 3 saturated heterocycles. The lowest BCUT2D eigenvalue weighted by Gasteiger charge is -2.57. The summed E-state index contributed by atoms with van der Waals surface area (Å²) in [6, 6.07) is 5.02. The summed E-state index contributed by atoms with van der Waals surface area (Å²) in [5.41, 5.74) is 2.03. The van der Waals surface area contributed by atoms with Gasteiger partial charge in [-0.15, -0.1) is 0 Å². The first kappa shape index (κ1) is 16.2. The predicted octanol–water partition coefficient (Wildman–Crippen LogP) is 2.65. The van der Waals surface area contributed by atoms with Crippen LogP contribution in [-0.2, 0) is 5.41 Å². The number of nitrogens with zero attached hydrogens (tertiary/aromatic N) is 6. The fraction of sp³-hybridized carbons (Fsp3) is 0.579. The summed E-state index contributed by atoms with van der Waals surface area (Å²) in [5.74, 6) is 2.83. The lowest BCUT2D eigenvalue weighted by Crippen LogP contribution is -2.69. The number of anilines is 2. The van der Waals surface area contributed by atoms with Crippen LogP contribution in [0.15, 0.2) is 18.3 Å². The molecular formula is C19H26N6. The second-order valence-corrected chi connectivity index (χ2v) is 8.29. The van der Waals surface area contributed by atoms with Crippen LogP contribution in [0.2, 0.25) is 0 Å². The first-order valence-electron chi connectivity index (χ1n) is 9.00. The van der Waals surface area contributed by atoms with Crippen molar-refractivity contribution in [2.45, 2.75) is 58.5 Å². The fourth-order valence-corrected chi connectivity index (χ4v) is 3.85. The second kappa shape index (κ2) is 5.64. The Morgan fingerprint density at radius 2 is 1.64 bits per heavy atom. The van der Waals surface area contributed by atoms with Crippen LogP contribution in [0.1, 0.15) is 44.4 Å². The fourth-order valence-electron chi connectivity index (χ4n) is 3.85. The molecule has 0 radical (unpaired) electrons. The molecule has 2 bridgehead atoms. The summed E-state index contributed by atoms with van der Waals surface area (Å²) in [5, 5.41) is 0. The topological polar surface area (TPSA) is 58.0 Å². The summed E-state index contributed by atoms with van der Waals surface area (Å²) >= 11 is 0. The average molecular weight is 338 g/mol. The van der Waals surface area contributed by atoms with Crippen molar-refractivity contribution in [1.82, 2.24) is 19.9 Å². The van der Waals surface area contributed by atoms with Crippen LogP contribution in [0.5, 0.6) is 0 Å². The Bertz CT molecular complexity index is 764. The van der Waals surface area contributed by atoms with Crippen molar-refractivity contribution in [3.05, 3.63) is 35.5 Å². The molecule has 3 fully saturated rings. The van der Waals surface area contributed by atoms with Gasteiger partial charge in [-0.25, -0.2) is 19.9 Å². The van der Waals surface area contributed by atoms with E-state index < -0.39 is 0 Å². The Morgan fingerprint density at radius 3 is 2.24 bits per heavy atom. The van der Waals surface area contributed by atoms with Crippen molar-refractivity contribution in [3.8, 4) is 0 Å². The number of fused-ring (bicyclic) bond motifs is 2. The minimum atomic E-state index is -0.0328. The number of piperidine rings is 1. The highest BCUT2D eigenvalue weighted by atomic mass is 15.4. The molecule has 0 aliphatic carbocycles. The lowest BCUT2D eigenvalue weighted by molar-refractivity contribution is 0.286. The van der Waals surface area contributed by atoms with Crippen LogP contribution in [0.4, 0.5) is 11.8 Å². The normalized spacial score (nSPS) is 22.8. The highest BCUT2D eigenvalue weighted by Gasteiger charge is 2.46. The van der Waals surface area contributed by atoms with Crippen LogP contribution in [0.3, 0.4) is 0 Å². The van der Waals surface area contributed by atoms with Crippen molar-refractivity contribution in [1.29, 1.82) is 0 Å². The molecule has 2 atom stereocenters. The van der Waals surface area contributed by atoms with E-state index in [0.29, 0.717) is 12.1 Å².